The molecule has 17 heavy (non-hydrogen) atoms. The molecule has 0 aromatic heterocycles. The summed E-state index contributed by atoms with van der Waals surface area (Å²) in [4.78, 5) is 0. The van der Waals surface area contributed by atoms with Gasteiger partial charge in [-0.3, -0.25) is 0 Å². The minimum atomic E-state index is -0.302. The molecule has 4 rings (SSSR count). The van der Waals surface area contributed by atoms with Gasteiger partial charge in [-0.1, -0.05) is 30.3 Å². The smallest absolute Gasteiger partial charge is 0.0712 e. The summed E-state index contributed by atoms with van der Waals surface area (Å²) >= 11 is 0. The Kier molecular flexibility index (Phi) is 2.00. The first-order valence-electron chi connectivity index (χ1n) is 7.04. The highest BCUT2D eigenvalue weighted by atomic mass is 16.3. The molecule has 2 bridgehead atoms. The van der Waals surface area contributed by atoms with Crippen LogP contribution in [0, 0.1) is 17.8 Å². The first-order valence-corrected chi connectivity index (χ1v) is 7.04. The lowest BCUT2D eigenvalue weighted by Crippen LogP contribution is -2.38. The van der Waals surface area contributed by atoms with Crippen LogP contribution in [0.5, 0.6) is 0 Å². The van der Waals surface area contributed by atoms with Gasteiger partial charge in [0.25, 0.3) is 0 Å². The Balaban J connectivity index is 1.56. The summed E-state index contributed by atoms with van der Waals surface area (Å²) < 4.78 is 0. The first-order chi connectivity index (χ1) is 8.27. The zero-order valence-electron chi connectivity index (χ0n) is 10.2. The highest BCUT2D eigenvalue weighted by Gasteiger charge is 2.61. The van der Waals surface area contributed by atoms with Gasteiger partial charge in [-0.2, -0.15) is 0 Å². The molecule has 1 heteroatoms. The summed E-state index contributed by atoms with van der Waals surface area (Å²) in [5, 5.41) is 11.0. The van der Waals surface area contributed by atoms with Crippen molar-refractivity contribution in [2.24, 2.45) is 17.8 Å². The number of aliphatic hydroxyl groups is 1. The lowest BCUT2D eigenvalue weighted by atomic mass is 9.79. The van der Waals surface area contributed by atoms with Crippen LogP contribution in [0.3, 0.4) is 0 Å². The quantitative estimate of drug-likeness (QED) is 0.823. The van der Waals surface area contributed by atoms with E-state index in [2.05, 4.69) is 30.3 Å². The molecule has 0 saturated heterocycles. The van der Waals surface area contributed by atoms with E-state index in [9.17, 15) is 5.11 Å². The van der Waals surface area contributed by atoms with Crippen molar-refractivity contribution >= 4 is 0 Å². The second-order valence-electron chi connectivity index (χ2n) is 6.43. The van der Waals surface area contributed by atoms with Crippen LogP contribution < -0.4 is 0 Å². The van der Waals surface area contributed by atoms with Gasteiger partial charge in [-0.05, 0) is 61.3 Å². The molecule has 1 aromatic carbocycles. The van der Waals surface area contributed by atoms with E-state index < -0.39 is 0 Å². The van der Waals surface area contributed by atoms with Crippen LogP contribution in [0.15, 0.2) is 30.3 Å². The van der Waals surface area contributed by atoms with Gasteiger partial charge < -0.3 is 5.11 Å². The Morgan fingerprint density at radius 1 is 1.06 bits per heavy atom. The van der Waals surface area contributed by atoms with Crippen molar-refractivity contribution in [1.82, 2.24) is 0 Å². The Morgan fingerprint density at radius 2 is 1.88 bits per heavy atom. The average Bonchev–Trinajstić information content (AvgIpc) is 2.96. The average molecular weight is 228 g/mol. The van der Waals surface area contributed by atoms with E-state index >= 15 is 0 Å². The van der Waals surface area contributed by atoms with Crippen molar-refractivity contribution in [2.45, 2.75) is 43.6 Å². The Bertz CT molecular complexity index is 426. The monoisotopic (exact) mass is 228 g/mol. The van der Waals surface area contributed by atoms with Crippen LogP contribution in [0.2, 0.25) is 0 Å². The Labute approximate surface area is 103 Å². The number of rotatable bonds is 2. The maximum Gasteiger partial charge on any atom is 0.0712 e. The van der Waals surface area contributed by atoms with Crippen LogP contribution >= 0.6 is 0 Å². The maximum atomic E-state index is 11.0. The van der Waals surface area contributed by atoms with Gasteiger partial charge in [0.05, 0.1) is 5.60 Å². The fourth-order valence-electron chi connectivity index (χ4n) is 4.61. The first kappa shape index (κ1) is 10.1. The van der Waals surface area contributed by atoms with E-state index in [1.165, 1.54) is 31.2 Å². The second kappa shape index (κ2) is 3.35. The molecule has 0 spiro atoms. The molecule has 0 aliphatic heterocycles. The van der Waals surface area contributed by atoms with Crippen LogP contribution in [0.25, 0.3) is 0 Å². The van der Waals surface area contributed by atoms with Gasteiger partial charge in [0.1, 0.15) is 0 Å². The fraction of sp³-hybridized carbons (Fsp3) is 0.625. The van der Waals surface area contributed by atoms with E-state index in [1.807, 2.05) is 0 Å². The zero-order chi connectivity index (χ0) is 11.5. The van der Waals surface area contributed by atoms with E-state index in [0.717, 1.165) is 12.3 Å². The van der Waals surface area contributed by atoms with Crippen molar-refractivity contribution in [2.75, 3.05) is 0 Å². The van der Waals surface area contributed by atoms with E-state index in [4.69, 9.17) is 0 Å². The van der Waals surface area contributed by atoms with Crippen molar-refractivity contribution < 1.29 is 5.11 Å². The Morgan fingerprint density at radius 3 is 2.53 bits per heavy atom. The SMILES string of the molecule is OC1(C2CC2c2ccccc2)CC2CCC1C2. The normalized spacial score (nSPS) is 47.4. The highest BCUT2D eigenvalue weighted by Crippen LogP contribution is 2.64. The lowest BCUT2D eigenvalue weighted by Gasteiger charge is -2.33. The summed E-state index contributed by atoms with van der Waals surface area (Å²) in [6.45, 7) is 0. The summed E-state index contributed by atoms with van der Waals surface area (Å²) in [7, 11) is 0. The van der Waals surface area contributed by atoms with Crippen molar-refractivity contribution in [1.29, 1.82) is 0 Å². The standard InChI is InChI=1S/C16H20O/c17-16(10-11-6-7-13(16)8-11)15-9-14(15)12-4-2-1-3-5-12/h1-5,11,13-15,17H,6-10H2. The summed E-state index contributed by atoms with van der Waals surface area (Å²) in [6.07, 6.45) is 6.25. The number of hydrogen-bond donors (Lipinski definition) is 1. The molecule has 1 N–H and O–H groups in total. The molecule has 0 heterocycles. The molecule has 1 nitrogen and oxygen atoms in total. The molecule has 5 atom stereocenters. The Hall–Kier alpha value is -0.820. The van der Waals surface area contributed by atoms with Gasteiger partial charge in [0.15, 0.2) is 0 Å². The zero-order valence-corrected chi connectivity index (χ0v) is 10.2. The van der Waals surface area contributed by atoms with Crippen molar-refractivity contribution in [3.63, 3.8) is 0 Å². The molecule has 0 amide bonds. The summed E-state index contributed by atoms with van der Waals surface area (Å²) in [6, 6.07) is 10.8. The van der Waals surface area contributed by atoms with Crippen molar-refractivity contribution in [3.05, 3.63) is 35.9 Å². The molecule has 3 aliphatic rings. The molecule has 1 aromatic rings. The predicted octanol–water partition coefficient (Wildman–Crippen LogP) is 3.34. The third kappa shape index (κ3) is 1.41. The summed E-state index contributed by atoms with van der Waals surface area (Å²) in [5.74, 6) is 2.65. The van der Waals surface area contributed by atoms with Gasteiger partial charge in [0, 0.05) is 0 Å². The van der Waals surface area contributed by atoms with Crippen LogP contribution in [-0.4, -0.2) is 10.7 Å². The van der Waals surface area contributed by atoms with E-state index in [-0.39, 0.29) is 5.60 Å². The summed E-state index contributed by atoms with van der Waals surface area (Å²) in [5.41, 5.74) is 1.14. The van der Waals surface area contributed by atoms with E-state index in [0.29, 0.717) is 17.8 Å². The molecule has 3 fully saturated rings. The third-order valence-electron chi connectivity index (χ3n) is 5.52. The second-order valence-corrected chi connectivity index (χ2v) is 6.43. The third-order valence-corrected chi connectivity index (χ3v) is 5.52. The maximum absolute atomic E-state index is 11.0. The number of benzene rings is 1. The fourth-order valence-corrected chi connectivity index (χ4v) is 4.61. The van der Waals surface area contributed by atoms with Crippen LogP contribution in [0.4, 0.5) is 0 Å². The molecule has 0 radical (unpaired) electrons. The minimum absolute atomic E-state index is 0.302. The molecular weight excluding hydrogens is 208 g/mol. The number of hydrogen-bond acceptors (Lipinski definition) is 1. The van der Waals surface area contributed by atoms with Crippen LogP contribution in [0.1, 0.15) is 43.6 Å². The molecule has 3 saturated carbocycles. The van der Waals surface area contributed by atoms with E-state index in [1.54, 1.807) is 0 Å². The highest BCUT2D eigenvalue weighted by molar-refractivity contribution is 5.29. The van der Waals surface area contributed by atoms with Gasteiger partial charge in [-0.15, -0.1) is 0 Å². The molecule has 5 unspecified atom stereocenters. The largest absolute Gasteiger partial charge is 0.389 e. The number of fused-ring (bicyclic) bond motifs is 2. The minimum Gasteiger partial charge on any atom is -0.389 e. The molecule has 3 aliphatic carbocycles. The van der Waals surface area contributed by atoms with Crippen molar-refractivity contribution in [3.8, 4) is 0 Å². The van der Waals surface area contributed by atoms with Crippen LogP contribution in [-0.2, 0) is 0 Å². The lowest BCUT2D eigenvalue weighted by molar-refractivity contribution is -0.0351. The molecular formula is C16H20O. The predicted molar refractivity (Wildman–Crippen MR) is 67.7 cm³/mol. The van der Waals surface area contributed by atoms with Gasteiger partial charge in [0.2, 0.25) is 0 Å². The van der Waals surface area contributed by atoms with Gasteiger partial charge >= 0.3 is 0 Å². The topological polar surface area (TPSA) is 20.2 Å². The van der Waals surface area contributed by atoms with Gasteiger partial charge in [-0.25, -0.2) is 0 Å². The molecule has 90 valence electrons.